The van der Waals surface area contributed by atoms with Gasteiger partial charge in [0.2, 0.25) is 0 Å². The van der Waals surface area contributed by atoms with E-state index in [0.717, 1.165) is 19.3 Å². The third-order valence-corrected chi connectivity index (χ3v) is 5.63. The molecule has 1 N–H and O–H groups in total. The smallest absolute Gasteiger partial charge is 0.269 e. The van der Waals surface area contributed by atoms with E-state index in [4.69, 9.17) is 23.2 Å². The molecule has 0 radical (unpaired) electrons. The minimum atomic E-state index is -3.53. The van der Waals surface area contributed by atoms with Gasteiger partial charge in [0.15, 0.2) is 0 Å². The first kappa shape index (κ1) is 14.9. The molecular formula is C12H16Cl2N2O2S. The highest BCUT2D eigenvalue weighted by Crippen LogP contribution is 2.31. The van der Waals surface area contributed by atoms with Gasteiger partial charge in [0.05, 0.1) is 10.7 Å². The van der Waals surface area contributed by atoms with Crippen molar-refractivity contribution in [2.24, 2.45) is 0 Å². The summed E-state index contributed by atoms with van der Waals surface area (Å²) in [6, 6.07) is 3.22. The van der Waals surface area contributed by atoms with Gasteiger partial charge in [-0.05, 0) is 37.5 Å². The second kappa shape index (κ2) is 5.87. The highest BCUT2D eigenvalue weighted by atomic mass is 35.5. The number of hydrogen-bond acceptors (Lipinski definition) is 2. The molecule has 4 nitrogen and oxygen atoms in total. The predicted octanol–water partition coefficient (Wildman–Crippen LogP) is 3.44. The molecule has 106 valence electrons. The van der Waals surface area contributed by atoms with Gasteiger partial charge in [-0.25, -0.2) is 0 Å². The maximum Gasteiger partial charge on any atom is 0.301 e. The summed E-state index contributed by atoms with van der Waals surface area (Å²) in [7, 11) is -3.53. The van der Waals surface area contributed by atoms with Crippen molar-refractivity contribution >= 4 is 39.1 Å². The van der Waals surface area contributed by atoms with Gasteiger partial charge in [0.1, 0.15) is 0 Å². The zero-order valence-corrected chi connectivity index (χ0v) is 12.9. The highest BCUT2D eigenvalue weighted by molar-refractivity contribution is 7.90. The molecule has 0 aliphatic carbocycles. The Hall–Kier alpha value is -0.490. The summed E-state index contributed by atoms with van der Waals surface area (Å²) < 4.78 is 28.4. The summed E-state index contributed by atoms with van der Waals surface area (Å²) in [5.41, 5.74) is 1.04. The Kier molecular flexibility index (Phi) is 4.61. The van der Waals surface area contributed by atoms with Crippen LogP contribution in [0.5, 0.6) is 0 Å². The van der Waals surface area contributed by atoms with Crippen LogP contribution in [0.4, 0.5) is 5.69 Å². The van der Waals surface area contributed by atoms with Crippen LogP contribution < -0.4 is 4.72 Å². The van der Waals surface area contributed by atoms with Crippen LogP contribution in [-0.2, 0) is 10.2 Å². The number of nitrogens with zero attached hydrogens (tertiary/aromatic N) is 1. The minimum absolute atomic E-state index is 0.341. The molecular weight excluding hydrogens is 307 g/mol. The topological polar surface area (TPSA) is 49.4 Å². The van der Waals surface area contributed by atoms with E-state index in [1.54, 1.807) is 19.1 Å². The predicted molar refractivity (Wildman–Crippen MR) is 79.2 cm³/mol. The summed E-state index contributed by atoms with van der Waals surface area (Å²) in [6.07, 6.45) is 2.87. The molecule has 0 spiro atoms. The number of piperidine rings is 1. The maximum atomic E-state index is 12.2. The van der Waals surface area contributed by atoms with Crippen LogP contribution >= 0.6 is 23.2 Å². The Bertz CT molecular complexity index is 569. The van der Waals surface area contributed by atoms with Gasteiger partial charge in [-0.2, -0.15) is 12.7 Å². The molecule has 2 rings (SSSR count). The molecule has 0 atom stereocenters. The van der Waals surface area contributed by atoms with E-state index in [-0.39, 0.29) is 0 Å². The van der Waals surface area contributed by atoms with Crippen molar-refractivity contribution in [2.45, 2.75) is 26.2 Å². The standard InChI is InChI=1S/C12H16Cl2N2O2S/c1-9-10(13)5-6-11(12(9)14)15-19(17,18)16-7-3-2-4-8-16/h5-6,15H,2-4,7-8H2,1H3. The molecule has 1 heterocycles. The van der Waals surface area contributed by atoms with Crippen molar-refractivity contribution < 1.29 is 8.42 Å². The first-order chi connectivity index (χ1) is 8.92. The van der Waals surface area contributed by atoms with Gasteiger partial charge in [-0.3, -0.25) is 4.72 Å². The molecule has 0 aromatic heterocycles. The third-order valence-electron chi connectivity index (χ3n) is 3.21. The summed E-state index contributed by atoms with van der Waals surface area (Å²) in [5.74, 6) is 0. The number of hydrogen-bond donors (Lipinski definition) is 1. The van der Waals surface area contributed by atoms with Gasteiger partial charge < -0.3 is 0 Å². The number of nitrogens with one attached hydrogen (secondary N) is 1. The first-order valence-corrected chi connectivity index (χ1v) is 8.34. The van der Waals surface area contributed by atoms with Crippen LogP contribution in [0, 0.1) is 6.92 Å². The molecule has 1 aromatic rings. The lowest BCUT2D eigenvalue weighted by atomic mass is 10.2. The van der Waals surface area contributed by atoms with Crippen molar-refractivity contribution in [2.75, 3.05) is 17.8 Å². The first-order valence-electron chi connectivity index (χ1n) is 6.14. The lowest BCUT2D eigenvalue weighted by molar-refractivity contribution is 0.349. The summed E-state index contributed by atoms with van der Waals surface area (Å²) in [5, 5.41) is 0.860. The Morgan fingerprint density at radius 2 is 1.79 bits per heavy atom. The van der Waals surface area contributed by atoms with Gasteiger partial charge in [0, 0.05) is 18.1 Å². The fraction of sp³-hybridized carbons (Fsp3) is 0.500. The van der Waals surface area contributed by atoms with Crippen molar-refractivity contribution in [3.63, 3.8) is 0 Å². The Labute approximate surface area is 123 Å². The Morgan fingerprint density at radius 1 is 1.16 bits per heavy atom. The molecule has 1 saturated heterocycles. The molecule has 0 amide bonds. The second-order valence-corrected chi connectivity index (χ2v) is 7.06. The van der Waals surface area contributed by atoms with Crippen molar-refractivity contribution in [1.82, 2.24) is 4.31 Å². The summed E-state index contributed by atoms with van der Waals surface area (Å²) in [6.45, 7) is 2.86. The SMILES string of the molecule is Cc1c(Cl)ccc(NS(=O)(=O)N2CCCCC2)c1Cl. The van der Waals surface area contributed by atoms with E-state index in [0.29, 0.717) is 34.4 Å². The molecule has 1 aliphatic rings. The largest absolute Gasteiger partial charge is 0.301 e. The number of benzene rings is 1. The average molecular weight is 323 g/mol. The Morgan fingerprint density at radius 3 is 2.42 bits per heavy atom. The molecule has 0 saturated carbocycles. The molecule has 7 heteroatoms. The highest BCUT2D eigenvalue weighted by Gasteiger charge is 2.24. The van der Waals surface area contributed by atoms with E-state index >= 15 is 0 Å². The molecule has 19 heavy (non-hydrogen) atoms. The fourth-order valence-corrected chi connectivity index (χ4v) is 3.84. The number of rotatable bonds is 3. The molecule has 1 fully saturated rings. The third kappa shape index (κ3) is 3.34. The van der Waals surface area contributed by atoms with Crippen LogP contribution in [0.1, 0.15) is 24.8 Å². The van der Waals surface area contributed by atoms with Gasteiger partial charge in [-0.15, -0.1) is 0 Å². The van der Waals surface area contributed by atoms with Crippen LogP contribution in [0.2, 0.25) is 10.0 Å². The van der Waals surface area contributed by atoms with E-state index in [1.165, 1.54) is 4.31 Å². The zero-order chi connectivity index (χ0) is 14.0. The molecule has 0 bridgehead atoms. The zero-order valence-electron chi connectivity index (χ0n) is 10.6. The lowest BCUT2D eigenvalue weighted by Crippen LogP contribution is -2.39. The minimum Gasteiger partial charge on any atom is -0.269 e. The Balaban J connectivity index is 2.23. The van der Waals surface area contributed by atoms with Gasteiger partial charge in [0.25, 0.3) is 0 Å². The van der Waals surface area contributed by atoms with E-state index < -0.39 is 10.2 Å². The quantitative estimate of drug-likeness (QED) is 0.926. The van der Waals surface area contributed by atoms with Crippen LogP contribution in [0.15, 0.2) is 12.1 Å². The fourth-order valence-electron chi connectivity index (χ4n) is 2.05. The maximum absolute atomic E-state index is 12.2. The normalized spacial score (nSPS) is 17.4. The van der Waals surface area contributed by atoms with Crippen LogP contribution in [-0.4, -0.2) is 25.8 Å². The van der Waals surface area contributed by atoms with Crippen LogP contribution in [0.3, 0.4) is 0 Å². The van der Waals surface area contributed by atoms with E-state index in [2.05, 4.69) is 4.72 Å². The second-order valence-electron chi connectivity index (χ2n) is 4.60. The average Bonchev–Trinajstić information content (AvgIpc) is 2.40. The van der Waals surface area contributed by atoms with Crippen molar-refractivity contribution in [1.29, 1.82) is 0 Å². The van der Waals surface area contributed by atoms with Crippen molar-refractivity contribution in [3.8, 4) is 0 Å². The van der Waals surface area contributed by atoms with Gasteiger partial charge >= 0.3 is 10.2 Å². The molecule has 1 aromatic carbocycles. The van der Waals surface area contributed by atoms with E-state index in [1.807, 2.05) is 0 Å². The molecule has 1 aliphatic heterocycles. The molecule has 0 unspecified atom stereocenters. The monoisotopic (exact) mass is 322 g/mol. The van der Waals surface area contributed by atoms with Gasteiger partial charge in [-0.1, -0.05) is 29.6 Å². The van der Waals surface area contributed by atoms with Crippen LogP contribution in [0.25, 0.3) is 0 Å². The number of anilines is 1. The van der Waals surface area contributed by atoms with E-state index in [9.17, 15) is 8.42 Å². The summed E-state index contributed by atoms with van der Waals surface area (Å²) >= 11 is 12.0. The van der Waals surface area contributed by atoms with Crippen molar-refractivity contribution in [3.05, 3.63) is 27.7 Å². The summed E-state index contributed by atoms with van der Waals surface area (Å²) in [4.78, 5) is 0. The number of halogens is 2. The lowest BCUT2D eigenvalue weighted by Gasteiger charge is -2.26.